The number of hydrogen-bond donors (Lipinski definition) is 1. The van der Waals surface area contributed by atoms with Gasteiger partial charge in [0.2, 0.25) is 0 Å². The molecule has 6 nitrogen and oxygen atoms in total. The Morgan fingerprint density at radius 2 is 1.32 bits per heavy atom. The first kappa shape index (κ1) is 31.2. The molecule has 0 atom stereocenters. The summed E-state index contributed by atoms with van der Waals surface area (Å²) in [6.45, 7) is 0.669. The van der Waals surface area contributed by atoms with E-state index in [1.165, 1.54) is 23.1 Å². The van der Waals surface area contributed by atoms with E-state index in [4.69, 9.17) is 4.98 Å². The van der Waals surface area contributed by atoms with Gasteiger partial charge in [-0.1, -0.05) is 121 Å². The summed E-state index contributed by atoms with van der Waals surface area (Å²) in [6, 6.07) is 47.0. The summed E-state index contributed by atoms with van der Waals surface area (Å²) in [5.74, 6) is 1.27. The van der Waals surface area contributed by atoms with Crippen LogP contribution in [0.4, 0.5) is 4.39 Å². The molecule has 0 aliphatic carbocycles. The highest BCUT2D eigenvalue weighted by molar-refractivity contribution is 5.83. The first-order chi connectivity index (χ1) is 24.7. The Bertz CT molecular complexity index is 2230. The normalized spacial score (nSPS) is 11.7. The third-order valence-corrected chi connectivity index (χ3v) is 9.67. The zero-order valence-electron chi connectivity index (χ0n) is 27.7. The fraction of sp³-hybridized carbons (Fsp3) is 0.140. The topological polar surface area (TPSA) is 64.3 Å². The van der Waals surface area contributed by atoms with Crippen molar-refractivity contribution in [1.82, 2.24) is 29.3 Å². The molecule has 0 amide bonds. The molecule has 0 radical (unpaired) electrons. The highest BCUT2D eigenvalue weighted by atomic mass is 19.1. The SMILES string of the molecule is Fc1cccc(-c2nnc(CCc3c[nH]c4ccccc34)n2CCCc2cncn2C(c2ccccc2)(c2ccccc2)c2ccccc2)c1. The first-order valence-electron chi connectivity index (χ1n) is 17.1. The Labute approximate surface area is 290 Å². The maximum atomic E-state index is 14.4. The lowest BCUT2D eigenvalue weighted by Gasteiger charge is -2.38. The number of rotatable bonds is 12. The average molecular weight is 657 g/mol. The number of hydrogen-bond acceptors (Lipinski definition) is 3. The second-order valence-electron chi connectivity index (χ2n) is 12.6. The molecule has 0 saturated heterocycles. The molecule has 246 valence electrons. The van der Waals surface area contributed by atoms with E-state index in [-0.39, 0.29) is 5.82 Å². The lowest BCUT2D eigenvalue weighted by Crippen LogP contribution is -2.38. The Hall–Kier alpha value is -6.08. The van der Waals surface area contributed by atoms with E-state index >= 15 is 0 Å². The third kappa shape index (κ3) is 5.81. The monoisotopic (exact) mass is 656 g/mol. The number of fused-ring (bicyclic) bond motifs is 1. The molecule has 5 aromatic carbocycles. The predicted molar refractivity (Wildman–Crippen MR) is 196 cm³/mol. The summed E-state index contributed by atoms with van der Waals surface area (Å²) in [4.78, 5) is 8.13. The molecule has 3 aromatic heterocycles. The maximum Gasteiger partial charge on any atom is 0.164 e. The van der Waals surface area contributed by atoms with Crippen molar-refractivity contribution in [2.24, 2.45) is 0 Å². The summed E-state index contributed by atoms with van der Waals surface area (Å²) >= 11 is 0. The summed E-state index contributed by atoms with van der Waals surface area (Å²) in [6.07, 6.45) is 9.12. The van der Waals surface area contributed by atoms with Gasteiger partial charge in [0.05, 0.1) is 6.33 Å². The molecule has 0 saturated carbocycles. The minimum atomic E-state index is -0.636. The second-order valence-corrected chi connectivity index (χ2v) is 12.6. The van der Waals surface area contributed by atoms with Gasteiger partial charge in [0.1, 0.15) is 17.2 Å². The van der Waals surface area contributed by atoms with Gasteiger partial charge in [-0.15, -0.1) is 10.2 Å². The van der Waals surface area contributed by atoms with Crippen LogP contribution in [-0.4, -0.2) is 29.3 Å². The van der Waals surface area contributed by atoms with Crippen LogP contribution in [-0.2, 0) is 31.3 Å². The molecule has 1 N–H and O–H groups in total. The Balaban J connectivity index is 1.14. The zero-order chi connectivity index (χ0) is 33.8. The number of benzene rings is 5. The fourth-order valence-corrected chi connectivity index (χ4v) is 7.36. The molecular formula is C43H37FN6. The van der Waals surface area contributed by atoms with Gasteiger partial charge in [-0.05, 0) is 59.7 Å². The molecular weight excluding hydrogens is 620 g/mol. The number of aromatic amines is 1. The van der Waals surface area contributed by atoms with E-state index in [1.807, 2.05) is 24.7 Å². The number of halogens is 1. The van der Waals surface area contributed by atoms with Crippen molar-refractivity contribution >= 4 is 10.9 Å². The van der Waals surface area contributed by atoms with Gasteiger partial charge in [-0.2, -0.15) is 0 Å². The van der Waals surface area contributed by atoms with Crippen LogP contribution < -0.4 is 0 Å². The molecule has 0 aliphatic rings. The van der Waals surface area contributed by atoms with E-state index in [9.17, 15) is 4.39 Å². The lowest BCUT2D eigenvalue weighted by molar-refractivity contribution is 0.487. The van der Waals surface area contributed by atoms with E-state index in [0.717, 1.165) is 58.6 Å². The number of imidazole rings is 1. The molecule has 0 fully saturated rings. The quantitative estimate of drug-likeness (QED) is 0.134. The number of nitrogens with one attached hydrogen (secondary N) is 1. The number of H-pyrrole nitrogens is 1. The minimum absolute atomic E-state index is 0.291. The molecule has 8 aromatic rings. The fourth-order valence-electron chi connectivity index (χ4n) is 7.36. The van der Waals surface area contributed by atoms with Gasteiger partial charge in [0.15, 0.2) is 5.82 Å². The van der Waals surface area contributed by atoms with E-state index in [0.29, 0.717) is 18.8 Å². The zero-order valence-corrected chi connectivity index (χ0v) is 27.7. The van der Waals surface area contributed by atoms with Crippen LogP contribution in [0.5, 0.6) is 0 Å². The molecule has 3 heterocycles. The van der Waals surface area contributed by atoms with Crippen LogP contribution in [0.3, 0.4) is 0 Å². The van der Waals surface area contributed by atoms with Gasteiger partial charge < -0.3 is 14.1 Å². The van der Waals surface area contributed by atoms with Gasteiger partial charge in [-0.25, -0.2) is 9.37 Å². The molecule has 7 heteroatoms. The van der Waals surface area contributed by atoms with E-state index < -0.39 is 5.54 Å². The molecule has 0 bridgehead atoms. The van der Waals surface area contributed by atoms with Crippen LogP contribution in [0, 0.1) is 5.82 Å². The standard InChI is InChI=1S/C43H37FN6/c44-37-21-12-14-32(28-37)42-48-47-41(26-25-33-29-46-40-24-11-10-23-39(33)40)49(42)27-13-22-38-30-45-31-50(38)43(34-15-4-1-5-16-34,35-17-6-2-7-18-35)36-19-8-3-9-20-36/h1-12,14-21,23-24,28-31,46H,13,22,25-27H2. The first-order valence-corrected chi connectivity index (χ1v) is 17.1. The Morgan fingerprint density at radius 3 is 2.00 bits per heavy atom. The van der Waals surface area contributed by atoms with Crippen molar-refractivity contribution in [3.8, 4) is 11.4 Å². The van der Waals surface area contributed by atoms with E-state index in [1.54, 1.807) is 6.07 Å². The lowest BCUT2D eigenvalue weighted by atomic mass is 9.76. The van der Waals surface area contributed by atoms with Crippen LogP contribution in [0.1, 0.15) is 40.2 Å². The molecule has 0 unspecified atom stereocenters. The molecule has 0 aliphatic heterocycles. The molecule has 0 spiro atoms. The smallest absolute Gasteiger partial charge is 0.164 e. The van der Waals surface area contributed by atoms with Crippen molar-refractivity contribution in [2.45, 2.75) is 37.8 Å². The largest absolute Gasteiger partial charge is 0.361 e. The van der Waals surface area contributed by atoms with Crippen molar-refractivity contribution in [3.05, 3.63) is 198 Å². The third-order valence-electron chi connectivity index (χ3n) is 9.67. The van der Waals surface area contributed by atoms with Crippen molar-refractivity contribution in [1.29, 1.82) is 0 Å². The summed E-state index contributed by atoms with van der Waals surface area (Å²) in [5.41, 5.74) is 7.03. The van der Waals surface area contributed by atoms with Gasteiger partial charge in [0, 0.05) is 47.5 Å². The van der Waals surface area contributed by atoms with Gasteiger partial charge in [0.25, 0.3) is 0 Å². The summed E-state index contributed by atoms with van der Waals surface area (Å²) in [7, 11) is 0. The van der Waals surface area contributed by atoms with Crippen molar-refractivity contribution in [3.63, 3.8) is 0 Å². The van der Waals surface area contributed by atoms with E-state index in [2.05, 4.69) is 140 Å². The minimum Gasteiger partial charge on any atom is -0.361 e. The molecule has 8 rings (SSSR count). The summed E-state index contributed by atoms with van der Waals surface area (Å²) in [5, 5.41) is 10.5. The highest BCUT2D eigenvalue weighted by Gasteiger charge is 2.39. The number of para-hydroxylation sites is 1. The van der Waals surface area contributed by atoms with Crippen molar-refractivity contribution < 1.29 is 4.39 Å². The number of aromatic nitrogens is 6. The second kappa shape index (κ2) is 13.8. The average Bonchev–Trinajstić information content (AvgIpc) is 3.92. The predicted octanol–water partition coefficient (Wildman–Crippen LogP) is 9.02. The van der Waals surface area contributed by atoms with Crippen LogP contribution in [0.15, 0.2) is 158 Å². The van der Waals surface area contributed by atoms with Crippen LogP contribution in [0.25, 0.3) is 22.3 Å². The van der Waals surface area contributed by atoms with Crippen LogP contribution in [0.2, 0.25) is 0 Å². The van der Waals surface area contributed by atoms with Gasteiger partial charge >= 0.3 is 0 Å². The number of aryl methyl sites for hydroxylation is 3. The Morgan fingerprint density at radius 1 is 0.660 bits per heavy atom. The maximum absolute atomic E-state index is 14.4. The highest BCUT2D eigenvalue weighted by Crippen LogP contribution is 2.41. The Kier molecular flexibility index (Phi) is 8.61. The summed E-state index contributed by atoms with van der Waals surface area (Å²) < 4.78 is 18.9. The molecule has 50 heavy (non-hydrogen) atoms. The van der Waals surface area contributed by atoms with Crippen molar-refractivity contribution in [2.75, 3.05) is 0 Å². The number of nitrogens with zero attached hydrogens (tertiary/aromatic N) is 5. The van der Waals surface area contributed by atoms with Gasteiger partial charge in [-0.3, -0.25) is 0 Å². The van der Waals surface area contributed by atoms with Crippen LogP contribution >= 0.6 is 0 Å².